The Morgan fingerprint density at radius 2 is 2.22 bits per heavy atom. The summed E-state index contributed by atoms with van der Waals surface area (Å²) in [5.74, 6) is -0.732. The average molecular weight is 129 g/mol. The molecule has 52 valence electrons. The van der Waals surface area contributed by atoms with Gasteiger partial charge in [-0.3, -0.25) is 4.79 Å². The number of hydrogen-bond acceptors (Lipinski definition) is 2. The van der Waals surface area contributed by atoms with Crippen molar-refractivity contribution in [3.8, 4) is 0 Å². The number of hydrogen-bond donors (Lipinski definition) is 2. The van der Waals surface area contributed by atoms with E-state index in [4.69, 9.17) is 5.11 Å². The monoisotopic (exact) mass is 129 g/mol. The zero-order valence-corrected chi connectivity index (χ0v) is 5.42. The smallest absolute Gasteiger partial charge is 0.306 e. The second kappa shape index (κ2) is 2.35. The summed E-state index contributed by atoms with van der Waals surface area (Å²) < 4.78 is 0. The summed E-state index contributed by atoms with van der Waals surface area (Å²) in [6.45, 7) is 0. The van der Waals surface area contributed by atoms with Crippen LogP contribution in [0.15, 0.2) is 0 Å². The fourth-order valence-electron chi connectivity index (χ4n) is 1.06. The largest absolute Gasteiger partial charge is 0.481 e. The molecule has 3 nitrogen and oxygen atoms in total. The summed E-state index contributed by atoms with van der Waals surface area (Å²) in [5.41, 5.74) is 0. The molecule has 0 aromatic heterocycles. The molecule has 0 amide bonds. The van der Waals surface area contributed by atoms with Gasteiger partial charge in [-0.1, -0.05) is 0 Å². The molecule has 3 heteroatoms. The van der Waals surface area contributed by atoms with Crippen molar-refractivity contribution in [1.29, 1.82) is 0 Å². The lowest BCUT2D eigenvalue weighted by atomic mass is 9.80. The Bertz CT molecular complexity index is 118. The van der Waals surface area contributed by atoms with Gasteiger partial charge in [-0.2, -0.15) is 0 Å². The van der Waals surface area contributed by atoms with Crippen LogP contribution in [0.5, 0.6) is 0 Å². The van der Waals surface area contributed by atoms with Gasteiger partial charge >= 0.3 is 5.97 Å². The van der Waals surface area contributed by atoms with E-state index in [9.17, 15) is 4.79 Å². The van der Waals surface area contributed by atoms with Gasteiger partial charge in [0.15, 0.2) is 0 Å². The maximum atomic E-state index is 10.2. The number of carboxylic acids is 1. The van der Waals surface area contributed by atoms with Crippen LogP contribution in [0.25, 0.3) is 0 Å². The quantitative estimate of drug-likeness (QED) is 0.554. The number of carboxylic acid groups (broad SMARTS) is 1. The highest BCUT2D eigenvalue weighted by atomic mass is 16.4. The van der Waals surface area contributed by atoms with Gasteiger partial charge in [0.25, 0.3) is 0 Å². The molecule has 0 aromatic rings. The van der Waals surface area contributed by atoms with Crippen molar-refractivity contribution < 1.29 is 9.90 Å². The molecule has 1 rings (SSSR count). The molecule has 1 aliphatic carbocycles. The molecule has 0 atom stereocenters. The van der Waals surface area contributed by atoms with Gasteiger partial charge in [-0.25, -0.2) is 0 Å². The molecular formula is C6H11NO2. The molecule has 0 heterocycles. The fraction of sp³-hybridized carbons (Fsp3) is 0.833. The summed E-state index contributed by atoms with van der Waals surface area (Å²) in [4.78, 5) is 10.2. The molecule has 0 bridgehead atoms. The minimum absolute atomic E-state index is 0.0811. The van der Waals surface area contributed by atoms with Crippen LogP contribution in [-0.2, 0) is 4.79 Å². The van der Waals surface area contributed by atoms with Crippen molar-refractivity contribution in [2.75, 3.05) is 7.05 Å². The van der Waals surface area contributed by atoms with Crippen molar-refractivity contribution in [2.45, 2.75) is 18.9 Å². The van der Waals surface area contributed by atoms with Crippen LogP contribution in [0.3, 0.4) is 0 Å². The maximum Gasteiger partial charge on any atom is 0.306 e. The van der Waals surface area contributed by atoms with Gasteiger partial charge in [-0.15, -0.1) is 0 Å². The van der Waals surface area contributed by atoms with Gasteiger partial charge in [-0.05, 0) is 19.9 Å². The summed E-state index contributed by atoms with van der Waals surface area (Å²) in [6.07, 6.45) is 1.59. The third-order valence-corrected chi connectivity index (χ3v) is 1.90. The molecule has 1 aliphatic rings. The number of aliphatic carboxylic acids is 1. The third-order valence-electron chi connectivity index (χ3n) is 1.90. The first-order valence-electron chi connectivity index (χ1n) is 3.14. The van der Waals surface area contributed by atoms with Gasteiger partial charge in [0.1, 0.15) is 0 Å². The molecule has 0 unspecified atom stereocenters. The lowest BCUT2D eigenvalue weighted by Gasteiger charge is -2.31. The van der Waals surface area contributed by atoms with Crippen LogP contribution < -0.4 is 5.32 Å². The van der Waals surface area contributed by atoms with E-state index >= 15 is 0 Å². The Morgan fingerprint density at radius 3 is 2.56 bits per heavy atom. The molecule has 0 aromatic carbocycles. The standard InChI is InChI=1S/C6H11NO2/c1-7-5-2-4(3-5)6(8)9/h4-5,7H,2-3H2,1H3,(H,8,9)/t4-,5+. The van der Waals surface area contributed by atoms with E-state index in [0.717, 1.165) is 12.8 Å². The highest BCUT2D eigenvalue weighted by molar-refractivity contribution is 5.71. The molecule has 0 saturated heterocycles. The Hall–Kier alpha value is -0.570. The lowest BCUT2D eigenvalue weighted by Crippen LogP contribution is -2.42. The Labute approximate surface area is 54.1 Å². The highest BCUT2D eigenvalue weighted by Gasteiger charge is 2.32. The minimum Gasteiger partial charge on any atom is -0.481 e. The predicted molar refractivity (Wildman–Crippen MR) is 33.2 cm³/mol. The van der Waals surface area contributed by atoms with Crippen LogP contribution in [0, 0.1) is 5.92 Å². The van der Waals surface area contributed by atoms with Crippen LogP contribution in [0.4, 0.5) is 0 Å². The van der Waals surface area contributed by atoms with Crippen molar-refractivity contribution >= 4 is 5.97 Å². The van der Waals surface area contributed by atoms with E-state index in [1.54, 1.807) is 0 Å². The minimum atomic E-state index is -0.651. The Balaban J connectivity index is 2.19. The average Bonchev–Trinajstić information content (AvgIpc) is 1.61. The summed E-state index contributed by atoms with van der Waals surface area (Å²) >= 11 is 0. The zero-order chi connectivity index (χ0) is 6.85. The summed E-state index contributed by atoms with van der Waals surface area (Å²) in [5, 5.41) is 11.4. The first-order valence-corrected chi connectivity index (χ1v) is 3.14. The molecule has 0 radical (unpaired) electrons. The van der Waals surface area contributed by atoms with Gasteiger partial charge < -0.3 is 10.4 Å². The van der Waals surface area contributed by atoms with Gasteiger partial charge in [0, 0.05) is 6.04 Å². The van der Waals surface area contributed by atoms with E-state index in [0.29, 0.717) is 6.04 Å². The molecule has 0 aliphatic heterocycles. The van der Waals surface area contributed by atoms with Crippen molar-refractivity contribution in [1.82, 2.24) is 5.32 Å². The fourth-order valence-corrected chi connectivity index (χ4v) is 1.06. The zero-order valence-electron chi connectivity index (χ0n) is 5.42. The first kappa shape index (κ1) is 6.55. The maximum absolute atomic E-state index is 10.2. The Kier molecular flexibility index (Phi) is 1.71. The molecular weight excluding hydrogens is 118 g/mol. The van der Waals surface area contributed by atoms with Crippen LogP contribution >= 0.6 is 0 Å². The first-order chi connectivity index (χ1) is 4.24. The molecule has 9 heavy (non-hydrogen) atoms. The number of rotatable bonds is 2. The SMILES string of the molecule is CN[C@H]1C[C@@H](C(=O)O)C1. The van der Waals surface area contributed by atoms with Gasteiger partial charge in [0.05, 0.1) is 5.92 Å². The topological polar surface area (TPSA) is 49.3 Å². The number of nitrogens with one attached hydrogen (secondary N) is 1. The van der Waals surface area contributed by atoms with Gasteiger partial charge in [0.2, 0.25) is 0 Å². The Morgan fingerprint density at radius 1 is 1.67 bits per heavy atom. The van der Waals surface area contributed by atoms with Crippen LogP contribution in [0.1, 0.15) is 12.8 Å². The van der Waals surface area contributed by atoms with Crippen molar-refractivity contribution in [3.63, 3.8) is 0 Å². The molecule has 1 saturated carbocycles. The predicted octanol–water partition coefficient (Wildman–Crippen LogP) is 0.0690. The lowest BCUT2D eigenvalue weighted by molar-refractivity contribution is -0.145. The summed E-state index contributed by atoms with van der Waals surface area (Å²) in [6, 6.07) is 0.450. The van der Waals surface area contributed by atoms with E-state index < -0.39 is 5.97 Å². The van der Waals surface area contributed by atoms with Crippen molar-refractivity contribution in [3.05, 3.63) is 0 Å². The molecule has 1 fully saturated rings. The second-order valence-electron chi connectivity index (χ2n) is 2.49. The third kappa shape index (κ3) is 1.21. The van der Waals surface area contributed by atoms with E-state index in [2.05, 4.69) is 5.32 Å². The van der Waals surface area contributed by atoms with Crippen molar-refractivity contribution in [2.24, 2.45) is 5.92 Å². The normalized spacial score (nSPS) is 33.4. The molecule has 0 spiro atoms. The van der Waals surface area contributed by atoms with E-state index in [1.807, 2.05) is 7.05 Å². The van der Waals surface area contributed by atoms with Crippen LogP contribution in [0.2, 0.25) is 0 Å². The number of carbonyl (C=O) groups is 1. The van der Waals surface area contributed by atoms with E-state index in [-0.39, 0.29) is 5.92 Å². The summed E-state index contributed by atoms with van der Waals surface area (Å²) in [7, 11) is 1.86. The highest BCUT2D eigenvalue weighted by Crippen LogP contribution is 2.26. The molecule has 2 N–H and O–H groups in total. The van der Waals surface area contributed by atoms with E-state index in [1.165, 1.54) is 0 Å². The second-order valence-corrected chi connectivity index (χ2v) is 2.49. The van der Waals surface area contributed by atoms with Crippen LogP contribution in [-0.4, -0.2) is 24.2 Å².